The highest BCUT2D eigenvalue weighted by molar-refractivity contribution is 7.22. The second kappa shape index (κ2) is 7.95. The maximum absolute atomic E-state index is 13.2. The van der Waals surface area contributed by atoms with Crippen molar-refractivity contribution < 1.29 is 18.1 Å². The van der Waals surface area contributed by atoms with Crippen LogP contribution in [0.25, 0.3) is 10.1 Å². The van der Waals surface area contributed by atoms with E-state index >= 15 is 0 Å². The summed E-state index contributed by atoms with van der Waals surface area (Å²) >= 11 is 0.940. The van der Waals surface area contributed by atoms with Crippen LogP contribution in [0.5, 0.6) is 0 Å². The van der Waals surface area contributed by atoms with E-state index in [0.29, 0.717) is 17.3 Å². The molecule has 0 unspecified atom stereocenters. The van der Waals surface area contributed by atoms with Crippen molar-refractivity contribution in [1.82, 2.24) is 9.88 Å². The molecule has 0 spiro atoms. The molecule has 4 aliphatic rings. The lowest BCUT2D eigenvalue weighted by Gasteiger charge is -2.57. The van der Waals surface area contributed by atoms with E-state index in [1.807, 2.05) is 4.90 Å². The molecule has 1 aromatic carbocycles. The van der Waals surface area contributed by atoms with Crippen molar-refractivity contribution in [2.45, 2.75) is 56.8 Å². The average Bonchev–Trinajstić information content (AvgIpc) is 2.73. The number of piperidine rings is 1. The van der Waals surface area contributed by atoms with E-state index in [4.69, 9.17) is 0 Å². The Bertz CT molecular complexity index is 1100. The van der Waals surface area contributed by atoms with Crippen molar-refractivity contribution in [1.29, 1.82) is 0 Å². The van der Waals surface area contributed by atoms with Gasteiger partial charge >= 0.3 is 6.18 Å². The Labute approximate surface area is 186 Å². The first-order valence-electron chi connectivity index (χ1n) is 10.9. The second-order valence-electron chi connectivity index (χ2n) is 9.10. The quantitative estimate of drug-likeness (QED) is 0.488. The van der Waals surface area contributed by atoms with Crippen LogP contribution >= 0.6 is 11.3 Å². The molecule has 0 radical (unpaired) electrons. The van der Waals surface area contributed by atoms with Gasteiger partial charge in [0.05, 0.1) is 15.9 Å². The first kappa shape index (κ1) is 21.6. The number of nitrogens with zero attached hydrogens (tertiary/aromatic N) is 4. The molecule has 172 valence electrons. The highest BCUT2D eigenvalue weighted by Crippen LogP contribution is 2.42. The Morgan fingerprint density at radius 3 is 2.47 bits per heavy atom. The smallest absolute Gasteiger partial charge is 0.339 e. The number of hydrogen-bond donors (Lipinski definition) is 0. The van der Waals surface area contributed by atoms with Gasteiger partial charge in [0.2, 0.25) is 0 Å². The minimum atomic E-state index is -4.79. The largest absolute Gasteiger partial charge is 0.416 e. The van der Waals surface area contributed by atoms with E-state index in [-0.39, 0.29) is 22.2 Å². The minimum absolute atomic E-state index is 0.0537. The molecule has 0 N–H and O–H groups in total. The van der Waals surface area contributed by atoms with Gasteiger partial charge in [0.1, 0.15) is 4.70 Å². The zero-order valence-electron chi connectivity index (χ0n) is 17.3. The fourth-order valence-electron chi connectivity index (χ4n) is 5.44. The maximum Gasteiger partial charge on any atom is 0.416 e. The normalized spacial score (nSPS) is 24.5. The lowest BCUT2D eigenvalue weighted by Crippen LogP contribution is -2.69. The van der Waals surface area contributed by atoms with E-state index in [1.54, 1.807) is 0 Å². The van der Waals surface area contributed by atoms with Crippen LogP contribution in [0.3, 0.4) is 0 Å². The molecule has 1 aromatic heterocycles. The predicted octanol–water partition coefficient (Wildman–Crippen LogP) is 4.43. The van der Waals surface area contributed by atoms with Crippen LogP contribution in [-0.4, -0.2) is 46.5 Å². The van der Waals surface area contributed by atoms with Crippen LogP contribution in [0.4, 0.5) is 24.0 Å². The van der Waals surface area contributed by atoms with Gasteiger partial charge in [0.25, 0.3) is 11.2 Å². The molecule has 2 bridgehead atoms. The number of halogens is 3. The first-order chi connectivity index (χ1) is 15.2. The Kier molecular flexibility index (Phi) is 5.36. The Hall–Kier alpha value is -2.27. The Morgan fingerprint density at radius 1 is 1.16 bits per heavy atom. The standard InChI is InChI=1S/C21H23F3N4O3S/c22-21(23,24)13-6-16-18(17(7-13)28(30)31)32-20(25-19(16)29)27-14-8-15(27)11-26(10-14)9-12-4-2-1-3-5-12/h6-7,12,14-15H,1-5,8-11H2/t14-,15+. The number of benzene rings is 1. The molecule has 0 amide bonds. The fourth-order valence-corrected chi connectivity index (χ4v) is 6.65. The van der Waals surface area contributed by atoms with Gasteiger partial charge in [-0.3, -0.25) is 19.8 Å². The molecular weight excluding hydrogens is 445 g/mol. The molecule has 1 aliphatic carbocycles. The molecule has 4 fully saturated rings. The van der Waals surface area contributed by atoms with Crippen molar-refractivity contribution >= 4 is 32.2 Å². The molecule has 1 saturated carbocycles. The third-order valence-electron chi connectivity index (χ3n) is 6.95. The molecule has 3 saturated heterocycles. The van der Waals surface area contributed by atoms with Crippen molar-refractivity contribution in [3.63, 3.8) is 0 Å². The van der Waals surface area contributed by atoms with Crippen LogP contribution in [0.15, 0.2) is 16.9 Å². The van der Waals surface area contributed by atoms with Crippen LogP contribution in [0.2, 0.25) is 0 Å². The van der Waals surface area contributed by atoms with Gasteiger partial charge in [-0.05, 0) is 31.2 Å². The second-order valence-corrected chi connectivity index (χ2v) is 10.1. The van der Waals surface area contributed by atoms with Crippen molar-refractivity contribution in [3.05, 3.63) is 38.2 Å². The van der Waals surface area contributed by atoms with Crippen molar-refractivity contribution in [3.8, 4) is 0 Å². The zero-order valence-corrected chi connectivity index (χ0v) is 18.1. The SMILES string of the molecule is O=c1nc(N2[C@@H]3C[C@H]2CN(CC2CCCCC2)C3)sc2c([N+](=O)[O-])cc(C(F)(F)F)cc12. The van der Waals surface area contributed by atoms with Gasteiger partial charge in [-0.1, -0.05) is 30.6 Å². The number of aromatic nitrogens is 1. The number of non-ortho nitro benzene ring substituents is 1. The van der Waals surface area contributed by atoms with E-state index in [0.717, 1.165) is 43.3 Å². The van der Waals surface area contributed by atoms with Crippen LogP contribution < -0.4 is 10.5 Å². The summed E-state index contributed by atoms with van der Waals surface area (Å²) in [5.41, 5.74) is -2.77. The maximum atomic E-state index is 13.2. The van der Waals surface area contributed by atoms with Crippen molar-refractivity contribution in [2.75, 3.05) is 24.5 Å². The summed E-state index contributed by atoms with van der Waals surface area (Å²) in [6, 6.07) is 1.52. The molecular formula is C21H23F3N4O3S. The fraction of sp³-hybridized carbons (Fsp3) is 0.619. The molecule has 6 rings (SSSR count). The summed E-state index contributed by atoms with van der Waals surface area (Å²) in [6.45, 7) is 2.78. The number of nitro benzene ring substituents is 1. The molecule has 4 heterocycles. The van der Waals surface area contributed by atoms with Gasteiger partial charge in [-0.15, -0.1) is 0 Å². The topological polar surface area (TPSA) is 79.6 Å². The van der Waals surface area contributed by atoms with Gasteiger partial charge in [0.15, 0.2) is 5.13 Å². The predicted molar refractivity (Wildman–Crippen MR) is 115 cm³/mol. The zero-order chi connectivity index (χ0) is 22.6. The number of piperazine rings is 1. The molecule has 7 nitrogen and oxygen atoms in total. The van der Waals surface area contributed by atoms with Gasteiger partial charge in [-0.2, -0.15) is 18.2 Å². The van der Waals surface area contributed by atoms with Crippen LogP contribution in [0.1, 0.15) is 44.1 Å². The summed E-state index contributed by atoms with van der Waals surface area (Å²) in [5.74, 6) is 0.732. The van der Waals surface area contributed by atoms with Gasteiger partial charge in [-0.25, -0.2) is 0 Å². The summed E-state index contributed by atoms with van der Waals surface area (Å²) in [4.78, 5) is 31.8. The molecule has 11 heteroatoms. The van der Waals surface area contributed by atoms with E-state index < -0.39 is 27.9 Å². The number of alkyl halides is 3. The number of nitro groups is 1. The molecule has 2 aromatic rings. The van der Waals surface area contributed by atoms with Crippen molar-refractivity contribution in [2.24, 2.45) is 5.92 Å². The third kappa shape index (κ3) is 3.85. The summed E-state index contributed by atoms with van der Waals surface area (Å²) < 4.78 is 39.5. The highest BCUT2D eigenvalue weighted by atomic mass is 32.1. The Balaban J connectivity index is 1.43. The number of fused-ring (bicyclic) bond motifs is 3. The van der Waals surface area contributed by atoms with E-state index in [9.17, 15) is 28.1 Å². The van der Waals surface area contributed by atoms with Gasteiger partial charge in [0, 0.05) is 37.8 Å². The van der Waals surface area contributed by atoms with E-state index in [1.165, 1.54) is 32.1 Å². The highest BCUT2D eigenvalue weighted by Gasteiger charge is 2.46. The minimum Gasteiger partial charge on any atom is -0.339 e. The van der Waals surface area contributed by atoms with E-state index in [2.05, 4.69) is 9.88 Å². The average molecular weight is 469 g/mol. The number of anilines is 1. The van der Waals surface area contributed by atoms with Gasteiger partial charge < -0.3 is 4.90 Å². The summed E-state index contributed by atoms with van der Waals surface area (Å²) in [6.07, 6.45) is 2.63. The molecule has 3 aliphatic heterocycles. The summed E-state index contributed by atoms with van der Waals surface area (Å²) in [5, 5.41) is 11.5. The molecule has 2 atom stereocenters. The first-order valence-corrected chi connectivity index (χ1v) is 11.7. The number of hydrogen-bond acceptors (Lipinski definition) is 7. The molecule has 32 heavy (non-hydrogen) atoms. The summed E-state index contributed by atoms with van der Waals surface area (Å²) in [7, 11) is 0. The number of rotatable bonds is 4. The van der Waals surface area contributed by atoms with Crippen LogP contribution in [-0.2, 0) is 6.18 Å². The lowest BCUT2D eigenvalue weighted by atomic mass is 9.85. The third-order valence-corrected chi connectivity index (χ3v) is 8.06. The van der Waals surface area contributed by atoms with Crippen LogP contribution in [0, 0.1) is 16.0 Å². The lowest BCUT2D eigenvalue weighted by molar-refractivity contribution is -0.383. The Morgan fingerprint density at radius 2 is 1.84 bits per heavy atom. The monoisotopic (exact) mass is 468 g/mol.